The fourth-order valence-electron chi connectivity index (χ4n) is 4.28. The van der Waals surface area contributed by atoms with Crippen molar-refractivity contribution in [3.05, 3.63) is 52.8 Å². The summed E-state index contributed by atoms with van der Waals surface area (Å²) in [5.74, 6) is 1.84. The maximum absolute atomic E-state index is 9.48. The summed E-state index contributed by atoms with van der Waals surface area (Å²) >= 11 is 0. The van der Waals surface area contributed by atoms with Crippen LogP contribution in [-0.2, 0) is 12.8 Å². The van der Waals surface area contributed by atoms with E-state index in [0.717, 1.165) is 36.4 Å². The minimum atomic E-state index is 0.331. The molecule has 1 aliphatic carbocycles. The summed E-state index contributed by atoms with van der Waals surface area (Å²) in [5.41, 5.74) is 3.46. The molecule has 1 aromatic heterocycles. The van der Waals surface area contributed by atoms with Crippen LogP contribution in [0.1, 0.15) is 62.4 Å². The van der Waals surface area contributed by atoms with E-state index in [1.807, 2.05) is 24.3 Å². The third-order valence-corrected chi connectivity index (χ3v) is 6.44. The molecule has 1 saturated carbocycles. The second-order valence-corrected chi connectivity index (χ2v) is 8.85. The van der Waals surface area contributed by atoms with Gasteiger partial charge < -0.3 is 5.32 Å². The van der Waals surface area contributed by atoms with Gasteiger partial charge in [-0.25, -0.2) is 9.97 Å². The maximum atomic E-state index is 9.48. The monoisotopic (exact) mass is 387 g/mol. The Bertz CT molecular complexity index is 935. The molecule has 0 amide bonds. The third-order valence-electron chi connectivity index (χ3n) is 6.44. The van der Waals surface area contributed by atoms with Crippen molar-refractivity contribution in [2.24, 2.45) is 17.3 Å². The number of nitriles is 2. The summed E-state index contributed by atoms with van der Waals surface area (Å²) in [6, 6.07) is 12.1. The Labute approximate surface area is 173 Å². The first-order valence-corrected chi connectivity index (χ1v) is 10.4. The summed E-state index contributed by atoms with van der Waals surface area (Å²) in [5, 5.41) is 22.0. The second-order valence-electron chi connectivity index (χ2n) is 8.85. The third kappa shape index (κ3) is 5.12. The van der Waals surface area contributed by atoms with Crippen molar-refractivity contribution in [2.45, 2.75) is 52.9 Å². The Morgan fingerprint density at radius 1 is 1.14 bits per heavy atom. The van der Waals surface area contributed by atoms with Crippen LogP contribution in [0.2, 0.25) is 0 Å². The molecular weight excluding hydrogens is 358 g/mol. The predicted molar refractivity (Wildman–Crippen MR) is 114 cm³/mol. The lowest BCUT2D eigenvalue weighted by Crippen LogP contribution is -2.31. The van der Waals surface area contributed by atoms with Crippen molar-refractivity contribution in [1.29, 1.82) is 10.5 Å². The van der Waals surface area contributed by atoms with E-state index in [1.54, 1.807) is 6.20 Å². The summed E-state index contributed by atoms with van der Waals surface area (Å²) in [4.78, 5) is 8.98. The van der Waals surface area contributed by atoms with Gasteiger partial charge >= 0.3 is 0 Å². The van der Waals surface area contributed by atoms with Gasteiger partial charge in [-0.2, -0.15) is 10.5 Å². The highest BCUT2D eigenvalue weighted by Crippen LogP contribution is 2.44. The zero-order valence-corrected chi connectivity index (χ0v) is 17.6. The number of hydrogen-bond donors (Lipinski definition) is 1. The highest BCUT2D eigenvalue weighted by Gasteiger charge is 2.34. The van der Waals surface area contributed by atoms with E-state index < -0.39 is 0 Å². The van der Waals surface area contributed by atoms with Gasteiger partial charge in [-0.05, 0) is 61.0 Å². The molecule has 0 unspecified atom stereocenters. The number of anilines is 1. The van der Waals surface area contributed by atoms with Crippen molar-refractivity contribution >= 4 is 5.95 Å². The van der Waals surface area contributed by atoms with Gasteiger partial charge in [0.05, 0.1) is 29.1 Å². The molecule has 2 atom stereocenters. The first-order valence-electron chi connectivity index (χ1n) is 10.4. The Morgan fingerprint density at radius 3 is 2.62 bits per heavy atom. The van der Waals surface area contributed by atoms with E-state index >= 15 is 0 Å². The van der Waals surface area contributed by atoms with Crippen molar-refractivity contribution < 1.29 is 0 Å². The van der Waals surface area contributed by atoms with Gasteiger partial charge in [0.25, 0.3) is 0 Å². The van der Waals surface area contributed by atoms with Crippen LogP contribution in [0, 0.1) is 39.9 Å². The smallest absolute Gasteiger partial charge is 0.222 e. The normalized spacial score (nSPS) is 20.4. The fraction of sp³-hybridized carbons (Fsp3) is 0.500. The number of nitrogens with zero attached hydrogens (tertiary/aromatic N) is 4. The van der Waals surface area contributed by atoms with E-state index in [-0.39, 0.29) is 0 Å². The molecule has 3 rings (SSSR count). The lowest BCUT2D eigenvalue weighted by atomic mass is 9.65. The average molecular weight is 388 g/mol. The SMILES string of the molecule is C[C@H]1CC[C@@H](Cc2nc(NCCc3ccccc3C#N)ncc2C#N)CC1(C)C. The number of rotatable bonds is 6. The number of aromatic nitrogens is 2. The Morgan fingerprint density at radius 2 is 1.90 bits per heavy atom. The second kappa shape index (κ2) is 9.05. The van der Waals surface area contributed by atoms with Crippen LogP contribution in [0.25, 0.3) is 0 Å². The molecule has 2 aromatic rings. The van der Waals surface area contributed by atoms with Gasteiger partial charge in [0.2, 0.25) is 5.95 Å². The standard InChI is InChI=1S/C24H29N5/c1-17-8-9-18(13-24(17,2)3)12-22-21(15-26)16-28-23(29-22)27-11-10-19-6-4-5-7-20(19)14-25/h4-7,16-18H,8-13H2,1-3H3,(H,27,28,29)/t17-,18-/m0/s1. The minimum Gasteiger partial charge on any atom is -0.354 e. The average Bonchev–Trinajstić information content (AvgIpc) is 2.71. The van der Waals surface area contributed by atoms with Gasteiger partial charge in [0.1, 0.15) is 6.07 Å². The van der Waals surface area contributed by atoms with E-state index in [2.05, 4.69) is 48.2 Å². The van der Waals surface area contributed by atoms with Gasteiger partial charge in [0, 0.05) is 6.54 Å². The number of benzene rings is 1. The highest BCUT2D eigenvalue weighted by atomic mass is 15.1. The molecule has 1 fully saturated rings. The molecule has 5 heteroatoms. The largest absolute Gasteiger partial charge is 0.354 e. The highest BCUT2D eigenvalue weighted by molar-refractivity contribution is 5.39. The number of nitrogens with one attached hydrogen (secondary N) is 1. The molecule has 5 nitrogen and oxygen atoms in total. The predicted octanol–water partition coefficient (Wildman–Crippen LogP) is 4.88. The van der Waals surface area contributed by atoms with Gasteiger partial charge in [-0.3, -0.25) is 0 Å². The Kier molecular flexibility index (Phi) is 6.49. The summed E-state index contributed by atoms with van der Waals surface area (Å²) < 4.78 is 0. The molecule has 1 aliphatic rings. The zero-order valence-electron chi connectivity index (χ0n) is 17.6. The molecule has 150 valence electrons. The molecule has 1 aromatic carbocycles. The van der Waals surface area contributed by atoms with Crippen LogP contribution in [0.15, 0.2) is 30.5 Å². The zero-order chi connectivity index (χ0) is 20.9. The van der Waals surface area contributed by atoms with Crippen LogP contribution in [-0.4, -0.2) is 16.5 Å². The van der Waals surface area contributed by atoms with Gasteiger partial charge in [-0.1, -0.05) is 39.0 Å². The Hall–Kier alpha value is -2.92. The lowest BCUT2D eigenvalue weighted by Gasteiger charge is -2.40. The molecule has 0 radical (unpaired) electrons. The first kappa shape index (κ1) is 20.8. The van der Waals surface area contributed by atoms with Crippen LogP contribution in [0.3, 0.4) is 0 Å². The van der Waals surface area contributed by atoms with Crippen molar-refractivity contribution in [2.75, 3.05) is 11.9 Å². The molecule has 29 heavy (non-hydrogen) atoms. The van der Waals surface area contributed by atoms with E-state index in [0.29, 0.717) is 35.0 Å². The fourth-order valence-corrected chi connectivity index (χ4v) is 4.28. The summed E-state index contributed by atoms with van der Waals surface area (Å²) in [6.07, 6.45) is 6.76. The molecule has 1 N–H and O–H groups in total. The van der Waals surface area contributed by atoms with Crippen LogP contribution in [0.5, 0.6) is 0 Å². The molecular formula is C24H29N5. The van der Waals surface area contributed by atoms with Crippen LogP contribution >= 0.6 is 0 Å². The molecule has 0 saturated heterocycles. The molecule has 0 spiro atoms. The van der Waals surface area contributed by atoms with E-state index in [1.165, 1.54) is 12.8 Å². The first-order chi connectivity index (χ1) is 13.9. The van der Waals surface area contributed by atoms with Gasteiger partial charge in [0.15, 0.2) is 0 Å². The minimum absolute atomic E-state index is 0.331. The van der Waals surface area contributed by atoms with E-state index in [4.69, 9.17) is 0 Å². The van der Waals surface area contributed by atoms with Crippen LogP contribution in [0.4, 0.5) is 5.95 Å². The molecule has 0 bridgehead atoms. The van der Waals surface area contributed by atoms with Crippen LogP contribution < -0.4 is 5.32 Å². The summed E-state index contributed by atoms with van der Waals surface area (Å²) in [7, 11) is 0. The molecule has 1 heterocycles. The maximum Gasteiger partial charge on any atom is 0.222 e. The van der Waals surface area contributed by atoms with Crippen molar-refractivity contribution in [1.82, 2.24) is 9.97 Å². The topological polar surface area (TPSA) is 85.4 Å². The van der Waals surface area contributed by atoms with E-state index in [9.17, 15) is 10.5 Å². The van der Waals surface area contributed by atoms with Crippen molar-refractivity contribution in [3.8, 4) is 12.1 Å². The Balaban J connectivity index is 1.66. The summed E-state index contributed by atoms with van der Waals surface area (Å²) in [6.45, 7) is 7.67. The van der Waals surface area contributed by atoms with Crippen molar-refractivity contribution in [3.63, 3.8) is 0 Å². The van der Waals surface area contributed by atoms with Gasteiger partial charge in [-0.15, -0.1) is 0 Å². The number of hydrogen-bond acceptors (Lipinski definition) is 5. The quantitative estimate of drug-likeness (QED) is 0.763. The lowest BCUT2D eigenvalue weighted by molar-refractivity contribution is 0.107. The molecule has 0 aliphatic heterocycles.